The number of amides is 1. The lowest BCUT2D eigenvalue weighted by atomic mass is 9.77. The molecule has 0 saturated carbocycles. The van der Waals surface area contributed by atoms with Gasteiger partial charge in [0.15, 0.2) is 5.76 Å². The van der Waals surface area contributed by atoms with Crippen molar-refractivity contribution in [3.63, 3.8) is 0 Å². The number of rotatable bonds is 8. The number of carbonyl (C=O) groups excluding carboxylic acids is 1. The van der Waals surface area contributed by atoms with E-state index in [9.17, 15) is 4.79 Å². The molecule has 6 nitrogen and oxygen atoms in total. The lowest BCUT2D eigenvalue weighted by Crippen LogP contribution is -2.46. The highest BCUT2D eigenvalue weighted by Gasteiger charge is 2.38. The SMILES string of the molecule is COc1ccc(CN2C(=O)/C(=C\c3cn(C(c4ccccc4)(c4ccccc4)c4ccccc4)cn3)OCC2C)cc1. The van der Waals surface area contributed by atoms with Crippen LogP contribution in [0.15, 0.2) is 134 Å². The van der Waals surface area contributed by atoms with E-state index in [-0.39, 0.29) is 17.7 Å². The molecule has 42 heavy (non-hydrogen) atoms. The minimum Gasteiger partial charge on any atom is -0.497 e. The van der Waals surface area contributed by atoms with E-state index in [1.165, 1.54) is 0 Å². The zero-order chi connectivity index (χ0) is 28.9. The Labute approximate surface area is 246 Å². The standard InChI is InChI=1S/C36H33N3O3/c1-27-25-42-34(35(40)39(27)23-28-18-20-33(41-2)21-19-28)22-32-24-38(26-37-32)36(29-12-6-3-7-13-29,30-14-8-4-9-15-30)31-16-10-5-11-17-31/h3-22,24,26-27H,23,25H2,1-2H3/b34-22+. The monoisotopic (exact) mass is 555 g/mol. The number of hydrogen-bond acceptors (Lipinski definition) is 4. The van der Waals surface area contributed by atoms with Gasteiger partial charge in [-0.3, -0.25) is 4.79 Å². The quantitative estimate of drug-likeness (QED) is 0.162. The predicted molar refractivity (Wildman–Crippen MR) is 164 cm³/mol. The third kappa shape index (κ3) is 5.07. The maximum Gasteiger partial charge on any atom is 0.289 e. The van der Waals surface area contributed by atoms with Crippen LogP contribution in [-0.4, -0.2) is 40.1 Å². The molecule has 0 aliphatic carbocycles. The molecule has 1 aliphatic rings. The van der Waals surface area contributed by atoms with Gasteiger partial charge in [-0.15, -0.1) is 0 Å². The van der Waals surface area contributed by atoms with Crippen LogP contribution in [0.2, 0.25) is 0 Å². The largest absolute Gasteiger partial charge is 0.497 e. The molecule has 1 aromatic heterocycles. The minimum atomic E-state index is -0.681. The number of morpholine rings is 1. The first-order valence-electron chi connectivity index (χ1n) is 14.1. The Balaban J connectivity index is 1.39. The van der Waals surface area contributed by atoms with E-state index >= 15 is 0 Å². The molecule has 1 saturated heterocycles. The molecule has 2 heterocycles. The van der Waals surface area contributed by atoms with Gasteiger partial charge in [0.25, 0.3) is 5.91 Å². The summed E-state index contributed by atoms with van der Waals surface area (Å²) in [5, 5.41) is 0. The molecule has 6 rings (SSSR count). The normalized spacial score (nSPS) is 16.3. The molecule has 6 heteroatoms. The number of benzene rings is 4. The van der Waals surface area contributed by atoms with Crippen LogP contribution < -0.4 is 4.74 Å². The van der Waals surface area contributed by atoms with Crippen molar-refractivity contribution in [3.8, 4) is 5.75 Å². The number of aromatic nitrogens is 2. The van der Waals surface area contributed by atoms with Crippen molar-refractivity contribution < 1.29 is 14.3 Å². The van der Waals surface area contributed by atoms with E-state index in [1.807, 2.05) is 66.8 Å². The van der Waals surface area contributed by atoms with Gasteiger partial charge >= 0.3 is 0 Å². The van der Waals surface area contributed by atoms with Crippen LogP contribution in [0, 0.1) is 0 Å². The summed E-state index contributed by atoms with van der Waals surface area (Å²) in [5.41, 5.74) is 4.29. The molecule has 4 aromatic carbocycles. The Morgan fingerprint density at radius 3 is 1.93 bits per heavy atom. The fourth-order valence-electron chi connectivity index (χ4n) is 5.68. The predicted octanol–water partition coefficient (Wildman–Crippen LogP) is 6.52. The summed E-state index contributed by atoms with van der Waals surface area (Å²) in [7, 11) is 1.64. The van der Waals surface area contributed by atoms with E-state index in [0.717, 1.165) is 28.0 Å². The Morgan fingerprint density at radius 1 is 0.857 bits per heavy atom. The van der Waals surface area contributed by atoms with Crippen LogP contribution in [-0.2, 0) is 21.6 Å². The summed E-state index contributed by atoms with van der Waals surface area (Å²) < 4.78 is 13.4. The lowest BCUT2D eigenvalue weighted by Gasteiger charge is -2.37. The lowest BCUT2D eigenvalue weighted by molar-refractivity contribution is -0.139. The molecule has 1 fully saturated rings. The number of imidazole rings is 1. The average molecular weight is 556 g/mol. The summed E-state index contributed by atoms with van der Waals surface area (Å²) in [6.45, 7) is 2.90. The van der Waals surface area contributed by atoms with Crippen LogP contribution in [0.5, 0.6) is 5.75 Å². The molecular formula is C36H33N3O3. The van der Waals surface area contributed by atoms with E-state index in [0.29, 0.717) is 18.8 Å². The number of ether oxygens (including phenoxy) is 2. The van der Waals surface area contributed by atoms with Crippen molar-refractivity contribution in [2.24, 2.45) is 0 Å². The van der Waals surface area contributed by atoms with Crippen molar-refractivity contribution in [1.82, 2.24) is 14.5 Å². The summed E-state index contributed by atoms with van der Waals surface area (Å²) in [4.78, 5) is 20.2. The summed E-state index contributed by atoms with van der Waals surface area (Å²) in [6.07, 6.45) is 5.57. The topological polar surface area (TPSA) is 56.6 Å². The number of methoxy groups -OCH3 is 1. The van der Waals surface area contributed by atoms with Crippen molar-refractivity contribution in [3.05, 3.63) is 161 Å². The van der Waals surface area contributed by atoms with Crippen molar-refractivity contribution in [2.45, 2.75) is 25.0 Å². The maximum absolute atomic E-state index is 13.6. The van der Waals surface area contributed by atoms with E-state index in [1.54, 1.807) is 13.2 Å². The van der Waals surface area contributed by atoms with Gasteiger partial charge in [-0.1, -0.05) is 103 Å². The summed E-state index contributed by atoms with van der Waals surface area (Å²) in [6, 6.07) is 39.0. The van der Waals surface area contributed by atoms with Gasteiger partial charge in [0.1, 0.15) is 17.9 Å². The number of carbonyl (C=O) groups is 1. The highest BCUT2D eigenvalue weighted by atomic mass is 16.5. The molecule has 0 bridgehead atoms. The molecule has 1 unspecified atom stereocenters. The number of hydrogen-bond donors (Lipinski definition) is 0. The molecule has 0 spiro atoms. The molecule has 0 radical (unpaired) electrons. The zero-order valence-electron chi connectivity index (χ0n) is 23.8. The Morgan fingerprint density at radius 2 is 1.40 bits per heavy atom. The van der Waals surface area contributed by atoms with Gasteiger partial charge in [0, 0.05) is 18.8 Å². The van der Waals surface area contributed by atoms with Gasteiger partial charge in [-0.25, -0.2) is 4.98 Å². The Kier molecular flexibility index (Phi) is 7.60. The van der Waals surface area contributed by atoms with E-state index in [2.05, 4.69) is 77.4 Å². The third-order valence-corrected chi connectivity index (χ3v) is 7.84. The van der Waals surface area contributed by atoms with E-state index in [4.69, 9.17) is 14.5 Å². The number of nitrogens with zero attached hydrogens (tertiary/aromatic N) is 3. The fourth-order valence-corrected chi connectivity index (χ4v) is 5.68. The zero-order valence-corrected chi connectivity index (χ0v) is 23.8. The molecule has 1 amide bonds. The minimum absolute atomic E-state index is 0.0591. The highest BCUT2D eigenvalue weighted by Crippen LogP contribution is 2.41. The first-order valence-corrected chi connectivity index (χ1v) is 14.1. The Hall–Kier alpha value is -5.10. The second kappa shape index (κ2) is 11.8. The summed E-state index contributed by atoms with van der Waals surface area (Å²) in [5.74, 6) is 0.921. The smallest absolute Gasteiger partial charge is 0.289 e. The highest BCUT2D eigenvalue weighted by molar-refractivity contribution is 5.96. The summed E-state index contributed by atoms with van der Waals surface area (Å²) >= 11 is 0. The first kappa shape index (κ1) is 27.1. The molecular weight excluding hydrogens is 522 g/mol. The Bertz CT molecular complexity index is 1570. The van der Waals surface area contributed by atoms with Crippen LogP contribution in [0.4, 0.5) is 0 Å². The van der Waals surface area contributed by atoms with Gasteiger partial charge in [-0.2, -0.15) is 0 Å². The van der Waals surface area contributed by atoms with Gasteiger partial charge < -0.3 is 18.9 Å². The molecule has 5 aromatic rings. The van der Waals surface area contributed by atoms with Crippen LogP contribution in [0.1, 0.15) is 34.9 Å². The molecule has 1 aliphatic heterocycles. The first-order chi connectivity index (χ1) is 20.6. The molecule has 0 N–H and O–H groups in total. The van der Waals surface area contributed by atoms with Crippen molar-refractivity contribution >= 4 is 12.0 Å². The maximum atomic E-state index is 13.6. The van der Waals surface area contributed by atoms with Gasteiger partial charge in [0.2, 0.25) is 0 Å². The van der Waals surface area contributed by atoms with Crippen LogP contribution in [0.25, 0.3) is 6.08 Å². The van der Waals surface area contributed by atoms with Crippen molar-refractivity contribution in [2.75, 3.05) is 13.7 Å². The molecule has 210 valence electrons. The van der Waals surface area contributed by atoms with Gasteiger partial charge in [0.05, 0.1) is 25.2 Å². The second-order valence-corrected chi connectivity index (χ2v) is 10.5. The average Bonchev–Trinajstić information content (AvgIpc) is 3.51. The fraction of sp³-hybridized carbons (Fsp3) is 0.167. The van der Waals surface area contributed by atoms with Crippen molar-refractivity contribution in [1.29, 1.82) is 0 Å². The van der Waals surface area contributed by atoms with Crippen LogP contribution >= 0.6 is 0 Å². The third-order valence-electron chi connectivity index (χ3n) is 7.84. The van der Waals surface area contributed by atoms with E-state index < -0.39 is 5.54 Å². The van der Waals surface area contributed by atoms with Gasteiger partial charge in [-0.05, 0) is 41.3 Å². The second-order valence-electron chi connectivity index (χ2n) is 10.5. The molecule has 1 atom stereocenters. The van der Waals surface area contributed by atoms with Crippen LogP contribution in [0.3, 0.4) is 0 Å².